The average molecular weight is 334 g/mol. The minimum atomic E-state index is -1.26. The van der Waals surface area contributed by atoms with E-state index in [9.17, 15) is 24.4 Å². The number of nitrogens with one attached hydrogen (secondary N) is 1. The van der Waals surface area contributed by atoms with E-state index in [1.807, 2.05) is 5.32 Å². The normalized spacial score (nSPS) is 17.2. The van der Waals surface area contributed by atoms with Crippen molar-refractivity contribution in [1.29, 1.82) is 0 Å². The smallest absolute Gasteiger partial charge is 0.255 e. The maximum atomic E-state index is 12.4. The molecule has 4 amide bonds. The molecule has 9 nitrogen and oxygen atoms in total. The van der Waals surface area contributed by atoms with Gasteiger partial charge in [0.15, 0.2) is 6.61 Å². The van der Waals surface area contributed by atoms with Crippen molar-refractivity contribution in [2.75, 3.05) is 6.61 Å². The van der Waals surface area contributed by atoms with Gasteiger partial charge in [-0.3, -0.25) is 24.5 Å². The molecule has 0 saturated carbocycles. The van der Waals surface area contributed by atoms with Crippen LogP contribution in [-0.2, 0) is 14.4 Å². The van der Waals surface area contributed by atoms with Gasteiger partial charge in [-0.2, -0.15) is 0 Å². The van der Waals surface area contributed by atoms with Crippen LogP contribution in [0.4, 0.5) is 0 Å². The lowest BCUT2D eigenvalue weighted by atomic mass is 10.0. The first-order valence-corrected chi connectivity index (χ1v) is 7.16. The second-order valence-corrected chi connectivity index (χ2v) is 5.28. The van der Waals surface area contributed by atoms with Crippen molar-refractivity contribution < 1.29 is 23.9 Å². The van der Waals surface area contributed by atoms with E-state index in [0.717, 1.165) is 0 Å². The van der Waals surface area contributed by atoms with E-state index in [1.165, 1.54) is 18.2 Å². The minimum absolute atomic E-state index is 0.0107. The van der Waals surface area contributed by atoms with E-state index < -0.39 is 29.7 Å². The zero-order chi connectivity index (χ0) is 17.9. The van der Waals surface area contributed by atoms with Crippen LogP contribution >= 0.6 is 0 Å². The first-order valence-electron chi connectivity index (χ1n) is 7.16. The highest BCUT2D eigenvalue weighted by atomic mass is 16.5. The van der Waals surface area contributed by atoms with Crippen LogP contribution in [0.25, 0.3) is 0 Å². The molecule has 3 N–H and O–H groups in total. The van der Waals surface area contributed by atoms with E-state index in [4.69, 9.17) is 10.5 Å². The van der Waals surface area contributed by atoms with Gasteiger partial charge in [0.05, 0.1) is 0 Å². The van der Waals surface area contributed by atoms with Gasteiger partial charge in [0, 0.05) is 17.5 Å². The molecule has 1 aliphatic rings. The van der Waals surface area contributed by atoms with Crippen LogP contribution in [0.15, 0.2) is 18.2 Å². The highest BCUT2D eigenvalue weighted by Gasteiger charge is 2.30. The van der Waals surface area contributed by atoms with Gasteiger partial charge in [-0.1, -0.05) is 6.07 Å². The molecule has 1 fully saturated rings. The van der Waals surface area contributed by atoms with Crippen LogP contribution in [0.5, 0.6) is 5.75 Å². The van der Waals surface area contributed by atoms with E-state index in [-0.39, 0.29) is 35.8 Å². The van der Waals surface area contributed by atoms with Crippen LogP contribution in [-0.4, -0.2) is 41.3 Å². The van der Waals surface area contributed by atoms with Gasteiger partial charge in [-0.05, 0) is 25.5 Å². The maximum absolute atomic E-state index is 12.4. The van der Waals surface area contributed by atoms with Crippen LogP contribution in [0.2, 0.25) is 0 Å². The summed E-state index contributed by atoms with van der Waals surface area (Å²) in [7, 11) is 0. The summed E-state index contributed by atoms with van der Waals surface area (Å²) in [6, 6.07) is 3.15. The lowest BCUT2D eigenvalue weighted by molar-refractivity contribution is -0.136. The Morgan fingerprint density at radius 1 is 1.42 bits per heavy atom. The highest BCUT2D eigenvalue weighted by molar-refractivity contribution is 6.04. The number of benzene rings is 1. The first-order chi connectivity index (χ1) is 11.3. The third-order valence-electron chi connectivity index (χ3n) is 3.58. The second kappa shape index (κ2) is 7.09. The van der Waals surface area contributed by atoms with E-state index in [0.29, 0.717) is 5.56 Å². The molecule has 2 rings (SSSR count). The summed E-state index contributed by atoms with van der Waals surface area (Å²) < 4.78 is 5.18. The summed E-state index contributed by atoms with van der Waals surface area (Å²) >= 11 is 0. The van der Waals surface area contributed by atoms with Gasteiger partial charge in [0.2, 0.25) is 17.7 Å². The fraction of sp³-hybridized carbons (Fsp3) is 0.333. The number of nitrogens with two attached hydrogens (primary N) is 1. The molecule has 0 spiro atoms. The molecule has 1 aliphatic heterocycles. The Morgan fingerprint density at radius 2 is 2.12 bits per heavy atom. The fourth-order valence-corrected chi connectivity index (χ4v) is 2.32. The number of amides is 4. The van der Waals surface area contributed by atoms with Crippen molar-refractivity contribution >= 4 is 23.6 Å². The summed E-state index contributed by atoms with van der Waals surface area (Å²) in [5.41, 5.74) is 5.38. The largest absolute Gasteiger partial charge is 0.755 e. The standard InChI is InChI=1S/C15H16N3O6/c1-8-9(3-2-4-11(8)24-7-12(16)19)15(22)18(23)10-5-6-13(20)17-14(10)21/h2-4,10H,5-7H2,1H3,(H2,16,19)(H,17,20,21)/q-1. The van der Waals surface area contributed by atoms with E-state index >= 15 is 0 Å². The van der Waals surface area contributed by atoms with Crippen LogP contribution < -0.4 is 15.8 Å². The summed E-state index contributed by atoms with van der Waals surface area (Å²) in [6.45, 7) is 1.18. The number of hydroxylamine groups is 2. The minimum Gasteiger partial charge on any atom is -0.755 e. The van der Waals surface area contributed by atoms with Crippen molar-refractivity contribution in [3.8, 4) is 5.75 Å². The van der Waals surface area contributed by atoms with Crippen molar-refractivity contribution in [3.05, 3.63) is 34.5 Å². The number of piperidine rings is 1. The van der Waals surface area contributed by atoms with Crippen LogP contribution in [0.3, 0.4) is 0 Å². The summed E-state index contributed by atoms with van der Waals surface area (Å²) in [6.07, 6.45) is -0.0417. The Balaban J connectivity index is 2.19. The molecule has 0 aromatic heterocycles. The van der Waals surface area contributed by atoms with Crippen molar-refractivity contribution in [3.63, 3.8) is 0 Å². The Kier molecular flexibility index (Phi) is 5.14. The molecule has 1 aromatic rings. The Bertz CT molecular complexity index is 702. The Labute approximate surface area is 137 Å². The lowest BCUT2D eigenvalue weighted by Crippen LogP contribution is -2.52. The zero-order valence-corrected chi connectivity index (χ0v) is 12.9. The number of rotatable bonds is 5. The predicted molar refractivity (Wildman–Crippen MR) is 81.6 cm³/mol. The zero-order valence-electron chi connectivity index (χ0n) is 12.9. The number of ether oxygens (including phenoxy) is 1. The number of hydrogen-bond donors (Lipinski definition) is 2. The third kappa shape index (κ3) is 3.69. The number of imide groups is 1. The molecular formula is C15H16N3O6-. The maximum Gasteiger partial charge on any atom is 0.255 e. The average Bonchev–Trinajstić information content (AvgIpc) is 2.52. The molecule has 24 heavy (non-hydrogen) atoms. The fourth-order valence-electron chi connectivity index (χ4n) is 2.32. The van der Waals surface area contributed by atoms with E-state index in [2.05, 4.69) is 0 Å². The highest BCUT2D eigenvalue weighted by Crippen LogP contribution is 2.24. The topological polar surface area (TPSA) is 142 Å². The Hall–Kier alpha value is -2.94. The third-order valence-corrected chi connectivity index (χ3v) is 3.58. The van der Waals surface area contributed by atoms with Crippen molar-refractivity contribution in [1.82, 2.24) is 10.4 Å². The first kappa shape index (κ1) is 17.4. The van der Waals surface area contributed by atoms with Gasteiger partial charge in [0.1, 0.15) is 11.8 Å². The number of hydrogen-bond acceptors (Lipinski definition) is 6. The second-order valence-electron chi connectivity index (χ2n) is 5.28. The van der Waals surface area contributed by atoms with Gasteiger partial charge >= 0.3 is 0 Å². The molecule has 1 unspecified atom stereocenters. The summed E-state index contributed by atoms with van der Waals surface area (Å²) in [5, 5.41) is 14.3. The van der Waals surface area contributed by atoms with E-state index in [1.54, 1.807) is 6.92 Å². The van der Waals surface area contributed by atoms with Crippen LogP contribution in [0, 0.1) is 12.1 Å². The van der Waals surface area contributed by atoms with Crippen molar-refractivity contribution in [2.24, 2.45) is 5.73 Å². The molecule has 1 atom stereocenters. The molecule has 0 bridgehead atoms. The van der Waals surface area contributed by atoms with Gasteiger partial charge in [0.25, 0.3) is 5.91 Å². The number of carbonyl (C=O) groups excluding carboxylic acids is 4. The molecule has 128 valence electrons. The van der Waals surface area contributed by atoms with Crippen molar-refractivity contribution in [2.45, 2.75) is 25.8 Å². The molecule has 0 radical (unpaired) electrons. The molecule has 1 aromatic carbocycles. The SMILES string of the molecule is Cc1c(OCC(N)=O)cccc1C(=O)N([O-])C1CCC(=O)NC1=O. The van der Waals surface area contributed by atoms with Gasteiger partial charge in [-0.15, -0.1) is 0 Å². The Morgan fingerprint density at radius 3 is 2.75 bits per heavy atom. The number of primary amides is 1. The predicted octanol–water partition coefficient (Wildman–Crippen LogP) is -0.396. The molecule has 1 heterocycles. The lowest BCUT2D eigenvalue weighted by Gasteiger charge is -2.37. The monoisotopic (exact) mass is 334 g/mol. The number of carbonyl (C=O) groups is 4. The quantitative estimate of drug-likeness (QED) is 0.554. The van der Waals surface area contributed by atoms with Gasteiger partial charge in [-0.25, -0.2) is 0 Å². The summed E-state index contributed by atoms with van der Waals surface area (Å²) in [4.78, 5) is 46.0. The van der Waals surface area contributed by atoms with Crippen LogP contribution in [0.1, 0.15) is 28.8 Å². The van der Waals surface area contributed by atoms with Gasteiger partial charge < -0.3 is 20.7 Å². The molecule has 9 heteroatoms. The summed E-state index contributed by atoms with van der Waals surface area (Å²) in [5.74, 6) is -2.65. The molecule has 0 aliphatic carbocycles. The molecule has 1 saturated heterocycles. The molecular weight excluding hydrogens is 318 g/mol. The number of nitrogens with zero attached hydrogens (tertiary/aromatic N) is 1.